The first-order valence-corrected chi connectivity index (χ1v) is 6.41. The second-order valence-corrected chi connectivity index (χ2v) is 5.62. The van der Waals surface area contributed by atoms with Gasteiger partial charge in [-0.1, -0.05) is 20.3 Å². The quantitative estimate of drug-likeness (QED) is 0.618. The second kappa shape index (κ2) is 5.98. The molecule has 1 atom stereocenters. The number of hydrogen-bond donors (Lipinski definition) is 0. The van der Waals surface area contributed by atoms with Gasteiger partial charge in [-0.05, 0) is 12.3 Å². The van der Waals surface area contributed by atoms with Gasteiger partial charge in [-0.25, -0.2) is 8.42 Å². The first-order chi connectivity index (χ1) is 6.02. The smallest absolute Gasteiger partial charge is 0.150 e. The summed E-state index contributed by atoms with van der Waals surface area (Å²) in [5.74, 6) is 0.645. The Balaban J connectivity index is 3.89. The fraction of sp³-hybridized carbons (Fsp3) is 0.889. The number of nitrogens with zero attached hydrogens (tertiary/aromatic N) is 1. The van der Waals surface area contributed by atoms with Crippen molar-refractivity contribution in [2.45, 2.75) is 33.1 Å². The molecule has 0 bridgehead atoms. The molecule has 0 aliphatic carbocycles. The first kappa shape index (κ1) is 12.4. The largest absolute Gasteiger partial charge is 0.229 e. The van der Waals surface area contributed by atoms with E-state index in [2.05, 4.69) is 0 Å². The van der Waals surface area contributed by atoms with E-state index >= 15 is 0 Å². The molecule has 3 nitrogen and oxygen atoms in total. The normalized spacial score (nSPS) is 13.6. The number of sulfone groups is 1. The van der Waals surface area contributed by atoms with Crippen LogP contribution in [0.3, 0.4) is 0 Å². The minimum absolute atomic E-state index is 0.158. The topological polar surface area (TPSA) is 57.9 Å². The molecular weight excluding hydrogens is 186 g/mol. The van der Waals surface area contributed by atoms with Gasteiger partial charge in [-0.15, -0.1) is 0 Å². The minimum atomic E-state index is -2.92. The van der Waals surface area contributed by atoms with Gasteiger partial charge in [0, 0.05) is 6.42 Å². The monoisotopic (exact) mass is 203 g/mol. The fourth-order valence-corrected chi connectivity index (χ4v) is 2.86. The summed E-state index contributed by atoms with van der Waals surface area (Å²) in [5.41, 5.74) is 0. The maximum absolute atomic E-state index is 11.4. The van der Waals surface area contributed by atoms with Crippen LogP contribution >= 0.6 is 0 Å². The number of unbranched alkanes of at least 4 members (excludes halogenated alkanes) is 1. The summed E-state index contributed by atoms with van der Waals surface area (Å²) in [6, 6.07) is 1.94. The van der Waals surface area contributed by atoms with E-state index in [1.165, 1.54) is 0 Å². The predicted molar refractivity (Wildman–Crippen MR) is 53.0 cm³/mol. The van der Waals surface area contributed by atoms with Gasteiger partial charge in [0.1, 0.15) is 0 Å². The van der Waals surface area contributed by atoms with Crippen molar-refractivity contribution in [2.75, 3.05) is 11.5 Å². The molecule has 0 aromatic heterocycles. The summed E-state index contributed by atoms with van der Waals surface area (Å²) >= 11 is 0. The third-order valence-corrected chi connectivity index (χ3v) is 3.97. The Morgan fingerprint density at radius 1 is 1.46 bits per heavy atom. The highest BCUT2D eigenvalue weighted by Gasteiger charge is 2.13. The van der Waals surface area contributed by atoms with Crippen LogP contribution in [0.2, 0.25) is 0 Å². The van der Waals surface area contributed by atoms with Crippen molar-refractivity contribution < 1.29 is 8.42 Å². The molecule has 0 rings (SSSR count). The molecule has 0 radical (unpaired) electrons. The maximum Gasteiger partial charge on any atom is 0.150 e. The standard InChI is InChI=1S/C9H17NO2S/c1-3-9(2)8-13(11,12)7-5-4-6-10/h9H,3-5,7-8H2,1-2H3. The molecule has 0 saturated heterocycles. The zero-order chi connectivity index (χ0) is 10.3. The highest BCUT2D eigenvalue weighted by molar-refractivity contribution is 7.91. The van der Waals surface area contributed by atoms with Crippen LogP contribution < -0.4 is 0 Å². The van der Waals surface area contributed by atoms with Crippen LogP contribution in [0.25, 0.3) is 0 Å². The molecule has 0 spiro atoms. The van der Waals surface area contributed by atoms with E-state index in [4.69, 9.17) is 5.26 Å². The molecule has 0 fully saturated rings. The molecule has 0 aliphatic rings. The highest BCUT2D eigenvalue weighted by atomic mass is 32.2. The average Bonchev–Trinajstić information content (AvgIpc) is 2.03. The summed E-state index contributed by atoms with van der Waals surface area (Å²) in [7, 11) is -2.92. The van der Waals surface area contributed by atoms with E-state index in [0.29, 0.717) is 12.8 Å². The molecule has 0 aliphatic heterocycles. The van der Waals surface area contributed by atoms with Crippen molar-refractivity contribution in [1.82, 2.24) is 0 Å². The molecule has 0 aromatic carbocycles. The first-order valence-electron chi connectivity index (χ1n) is 4.59. The summed E-state index contributed by atoms with van der Waals surface area (Å²) in [6.07, 6.45) is 1.69. The Hall–Kier alpha value is -0.560. The maximum atomic E-state index is 11.4. The van der Waals surface area contributed by atoms with Gasteiger partial charge in [0.25, 0.3) is 0 Å². The van der Waals surface area contributed by atoms with E-state index in [1.807, 2.05) is 19.9 Å². The molecule has 0 heterocycles. The number of rotatable bonds is 6. The van der Waals surface area contributed by atoms with Crippen molar-refractivity contribution >= 4 is 9.84 Å². The Bertz CT molecular complexity index is 264. The van der Waals surface area contributed by atoms with Gasteiger partial charge in [-0.2, -0.15) is 5.26 Å². The Labute approximate surface area is 80.7 Å². The lowest BCUT2D eigenvalue weighted by atomic mass is 10.2. The predicted octanol–water partition coefficient (Wildman–Crippen LogP) is 1.75. The number of nitriles is 1. The SMILES string of the molecule is CCC(C)CS(=O)(=O)CCCC#N. The van der Waals surface area contributed by atoms with E-state index in [0.717, 1.165) is 6.42 Å². The average molecular weight is 203 g/mol. The third-order valence-electron chi connectivity index (χ3n) is 1.98. The fourth-order valence-electron chi connectivity index (χ4n) is 1.01. The van der Waals surface area contributed by atoms with E-state index in [-0.39, 0.29) is 17.4 Å². The summed E-state index contributed by atoms with van der Waals surface area (Å²) in [4.78, 5) is 0. The lowest BCUT2D eigenvalue weighted by Gasteiger charge is -2.08. The lowest BCUT2D eigenvalue weighted by molar-refractivity contribution is 0.562. The summed E-state index contributed by atoms with van der Waals surface area (Å²) in [5, 5.41) is 8.25. The molecule has 0 aromatic rings. The summed E-state index contributed by atoms with van der Waals surface area (Å²) < 4.78 is 22.7. The van der Waals surface area contributed by atoms with Crippen LogP contribution in [0.4, 0.5) is 0 Å². The van der Waals surface area contributed by atoms with Gasteiger partial charge in [0.2, 0.25) is 0 Å². The van der Waals surface area contributed by atoms with Gasteiger partial charge in [-0.3, -0.25) is 0 Å². The minimum Gasteiger partial charge on any atom is -0.229 e. The van der Waals surface area contributed by atoms with Crippen molar-refractivity contribution in [3.05, 3.63) is 0 Å². The molecule has 0 N–H and O–H groups in total. The van der Waals surface area contributed by atoms with Crippen molar-refractivity contribution in [3.63, 3.8) is 0 Å². The van der Waals surface area contributed by atoms with Crippen LogP contribution in [0.1, 0.15) is 33.1 Å². The molecule has 13 heavy (non-hydrogen) atoms. The Morgan fingerprint density at radius 2 is 2.08 bits per heavy atom. The van der Waals surface area contributed by atoms with E-state index in [9.17, 15) is 8.42 Å². The van der Waals surface area contributed by atoms with Gasteiger partial charge >= 0.3 is 0 Å². The van der Waals surface area contributed by atoms with Crippen LogP contribution in [-0.4, -0.2) is 19.9 Å². The van der Waals surface area contributed by atoms with Crippen molar-refractivity contribution in [3.8, 4) is 6.07 Å². The molecule has 76 valence electrons. The van der Waals surface area contributed by atoms with Gasteiger partial charge < -0.3 is 0 Å². The van der Waals surface area contributed by atoms with Crippen LogP contribution in [-0.2, 0) is 9.84 Å². The van der Waals surface area contributed by atoms with E-state index in [1.54, 1.807) is 0 Å². The van der Waals surface area contributed by atoms with E-state index < -0.39 is 9.84 Å². The van der Waals surface area contributed by atoms with Gasteiger partial charge in [0.05, 0.1) is 17.6 Å². The molecular formula is C9H17NO2S. The van der Waals surface area contributed by atoms with Crippen molar-refractivity contribution in [1.29, 1.82) is 5.26 Å². The molecule has 1 unspecified atom stereocenters. The summed E-state index contributed by atoms with van der Waals surface area (Å²) in [6.45, 7) is 3.91. The van der Waals surface area contributed by atoms with Crippen molar-refractivity contribution in [2.24, 2.45) is 5.92 Å². The Morgan fingerprint density at radius 3 is 2.54 bits per heavy atom. The van der Waals surface area contributed by atoms with Crippen LogP contribution in [0, 0.1) is 17.2 Å². The zero-order valence-electron chi connectivity index (χ0n) is 8.28. The molecule has 0 amide bonds. The van der Waals surface area contributed by atoms with Crippen LogP contribution in [0.15, 0.2) is 0 Å². The van der Waals surface area contributed by atoms with Gasteiger partial charge in [0.15, 0.2) is 9.84 Å². The highest BCUT2D eigenvalue weighted by Crippen LogP contribution is 2.07. The Kier molecular flexibility index (Phi) is 5.72. The third kappa shape index (κ3) is 6.59. The lowest BCUT2D eigenvalue weighted by Crippen LogP contribution is -2.16. The molecule has 0 saturated carbocycles. The number of hydrogen-bond acceptors (Lipinski definition) is 3. The molecule has 4 heteroatoms. The second-order valence-electron chi connectivity index (χ2n) is 3.39. The van der Waals surface area contributed by atoms with Crippen LogP contribution in [0.5, 0.6) is 0 Å². The zero-order valence-corrected chi connectivity index (χ0v) is 9.10.